The second-order valence-corrected chi connectivity index (χ2v) is 7.88. The zero-order chi connectivity index (χ0) is 12.5. The summed E-state index contributed by atoms with van der Waals surface area (Å²) in [5, 5.41) is 3.82. The zero-order valence-electron chi connectivity index (χ0n) is 12.3. The third-order valence-electron chi connectivity index (χ3n) is 5.35. The van der Waals surface area contributed by atoms with Gasteiger partial charge in [-0.25, -0.2) is 0 Å². The van der Waals surface area contributed by atoms with Crippen molar-refractivity contribution in [3.05, 3.63) is 0 Å². The highest BCUT2D eigenvalue weighted by molar-refractivity contribution is 4.92. The molecule has 0 radical (unpaired) electrons. The van der Waals surface area contributed by atoms with Crippen LogP contribution in [0.4, 0.5) is 0 Å². The van der Waals surface area contributed by atoms with Crippen molar-refractivity contribution < 1.29 is 0 Å². The molecule has 2 saturated carbocycles. The Bertz CT molecular complexity index is 239. The van der Waals surface area contributed by atoms with Crippen LogP contribution < -0.4 is 5.32 Å². The van der Waals surface area contributed by atoms with Crippen molar-refractivity contribution in [1.29, 1.82) is 0 Å². The van der Waals surface area contributed by atoms with E-state index >= 15 is 0 Å². The molecule has 1 N–H and O–H groups in total. The summed E-state index contributed by atoms with van der Waals surface area (Å²) in [5.41, 5.74) is 1.03. The Morgan fingerprint density at radius 2 is 1.65 bits per heavy atom. The fourth-order valence-electron chi connectivity index (χ4n) is 3.51. The Labute approximate surface area is 108 Å². The van der Waals surface area contributed by atoms with Crippen LogP contribution in [0.2, 0.25) is 0 Å². The van der Waals surface area contributed by atoms with Crippen LogP contribution in [0, 0.1) is 17.3 Å². The lowest BCUT2D eigenvalue weighted by Gasteiger charge is -2.42. The summed E-state index contributed by atoms with van der Waals surface area (Å²) in [5.74, 6) is 1.91. The molecule has 0 aromatic rings. The van der Waals surface area contributed by atoms with Gasteiger partial charge in [0.2, 0.25) is 0 Å². The highest BCUT2D eigenvalue weighted by Gasteiger charge is 2.33. The standard InChI is InChI=1S/C16H31N/c1-15(2,3)14-8-6-13(7-9-14)12-17-16(4)10-5-11-16/h13-14,17H,5-12H2,1-4H3. The Hall–Kier alpha value is -0.0400. The van der Waals surface area contributed by atoms with E-state index in [1.165, 1.54) is 51.5 Å². The van der Waals surface area contributed by atoms with E-state index < -0.39 is 0 Å². The van der Waals surface area contributed by atoms with Gasteiger partial charge in [-0.15, -0.1) is 0 Å². The maximum absolute atomic E-state index is 3.82. The summed E-state index contributed by atoms with van der Waals surface area (Å²) in [6, 6.07) is 0. The van der Waals surface area contributed by atoms with Crippen molar-refractivity contribution in [2.24, 2.45) is 17.3 Å². The maximum Gasteiger partial charge on any atom is 0.0153 e. The van der Waals surface area contributed by atoms with Gasteiger partial charge < -0.3 is 5.32 Å². The van der Waals surface area contributed by atoms with Gasteiger partial charge in [0.15, 0.2) is 0 Å². The molecule has 0 bridgehead atoms. The van der Waals surface area contributed by atoms with Crippen molar-refractivity contribution in [3.8, 4) is 0 Å². The summed E-state index contributed by atoms with van der Waals surface area (Å²) < 4.78 is 0. The molecule has 0 spiro atoms. The molecule has 2 aliphatic rings. The predicted octanol–water partition coefficient (Wildman–Crippen LogP) is 4.37. The largest absolute Gasteiger partial charge is 0.311 e. The zero-order valence-corrected chi connectivity index (χ0v) is 12.3. The molecule has 2 rings (SSSR count). The molecule has 1 nitrogen and oxygen atoms in total. The Morgan fingerprint density at radius 3 is 2.06 bits per heavy atom. The Morgan fingerprint density at radius 1 is 1.06 bits per heavy atom. The SMILES string of the molecule is CC1(NCC2CCC(C(C)(C)C)CC2)CCC1. The second kappa shape index (κ2) is 4.91. The number of rotatable bonds is 3. The molecule has 0 aliphatic heterocycles. The third-order valence-corrected chi connectivity index (χ3v) is 5.35. The lowest BCUT2D eigenvalue weighted by atomic mass is 9.69. The van der Waals surface area contributed by atoms with Crippen LogP contribution >= 0.6 is 0 Å². The van der Waals surface area contributed by atoms with Crippen LogP contribution in [-0.4, -0.2) is 12.1 Å². The first-order chi connectivity index (χ1) is 7.89. The van der Waals surface area contributed by atoms with Crippen LogP contribution in [0.1, 0.15) is 72.6 Å². The summed E-state index contributed by atoms with van der Waals surface area (Å²) in [4.78, 5) is 0. The highest BCUT2D eigenvalue weighted by Crippen LogP contribution is 2.40. The van der Waals surface area contributed by atoms with E-state index in [2.05, 4.69) is 33.0 Å². The fourth-order valence-corrected chi connectivity index (χ4v) is 3.51. The van der Waals surface area contributed by atoms with Gasteiger partial charge in [-0.3, -0.25) is 0 Å². The van der Waals surface area contributed by atoms with Gasteiger partial charge in [0.25, 0.3) is 0 Å². The van der Waals surface area contributed by atoms with Gasteiger partial charge in [-0.2, -0.15) is 0 Å². The molecule has 0 aromatic carbocycles. The fraction of sp³-hybridized carbons (Fsp3) is 1.00. The van der Waals surface area contributed by atoms with E-state index in [0.717, 1.165) is 11.8 Å². The Balaban J connectivity index is 1.69. The molecule has 0 heterocycles. The van der Waals surface area contributed by atoms with Crippen molar-refractivity contribution in [2.45, 2.75) is 78.2 Å². The molecular weight excluding hydrogens is 206 g/mol. The minimum absolute atomic E-state index is 0.501. The molecule has 2 aliphatic carbocycles. The predicted molar refractivity (Wildman–Crippen MR) is 75.2 cm³/mol. The molecule has 1 heteroatoms. The van der Waals surface area contributed by atoms with E-state index in [1.54, 1.807) is 0 Å². The first-order valence-electron chi connectivity index (χ1n) is 7.64. The van der Waals surface area contributed by atoms with E-state index in [-0.39, 0.29) is 0 Å². The molecule has 17 heavy (non-hydrogen) atoms. The lowest BCUT2D eigenvalue weighted by molar-refractivity contribution is 0.133. The van der Waals surface area contributed by atoms with Gasteiger partial charge in [0, 0.05) is 5.54 Å². The molecule has 2 fully saturated rings. The van der Waals surface area contributed by atoms with Crippen molar-refractivity contribution in [3.63, 3.8) is 0 Å². The molecule has 0 amide bonds. The molecular formula is C16H31N. The average molecular weight is 237 g/mol. The van der Waals surface area contributed by atoms with E-state index in [0.29, 0.717) is 11.0 Å². The first kappa shape index (κ1) is 13.4. The minimum Gasteiger partial charge on any atom is -0.311 e. The van der Waals surface area contributed by atoms with Gasteiger partial charge in [-0.1, -0.05) is 20.8 Å². The third kappa shape index (κ3) is 3.47. The minimum atomic E-state index is 0.501. The van der Waals surface area contributed by atoms with Crippen molar-refractivity contribution >= 4 is 0 Å². The van der Waals surface area contributed by atoms with E-state index in [1.807, 2.05) is 0 Å². The van der Waals surface area contributed by atoms with Gasteiger partial charge in [0.1, 0.15) is 0 Å². The smallest absolute Gasteiger partial charge is 0.0153 e. The average Bonchev–Trinajstić information content (AvgIpc) is 2.23. The molecule has 100 valence electrons. The lowest BCUT2D eigenvalue weighted by Crippen LogP contribution is -2.50. The number of nitrogens with one attached hydrogen (secondary N) is 1. The van der Waals surface area contributed by atoms with Crippen LogP contribution in [-0.2, 0) is 0 Å². The van der Waals surface area contributed by atoms with Gasteiger partial charge in [0.05, 0.1) is 0 Å². The summed E-state index contributed by atoms with van der Waals surface area (Å²) in [6.07, 6.45) is 10.0. The van der Waals surface area contributed by atoms with Crippen LogP contribution in [0.3, 0.4) is 0 Å². The second-order valence-electron chi connectivity index (χ2n) is 7.88. The van der Waals surface area contributed by atoms with Crippen molar-refractivity contribution in [2.75, 3.05) is 6.54 Å². The summed E-state index contributed by atoms with van der Waals surface area (Å²) in [6.45, 7) is 10.9. The number of hydrogen-bond donors (Lipinski definition) is 1. The van der Waals surface area contributed by atoms with Gasteiger partial charge in [-0.05, 0) is 75.7 Å². The quantitative estimate of drug-likeness (QED) is 0.768. The van der Waals surface area contributed by atoms with Crippen molar-refractivity contribution in [1.82, 2.24) is 5.32 Å². The monoisotopic (exact) mass is 237 g/mol. The van der Waals surface area contributed by atoms with Gasteiger partial charge >= 0.3 is 0 Å². The first-order valence-corrected chi connectivity index (χ1v) is 7.64. The highest BCUT2D eigenvalue weighted by atomic mass is 15.0. The van der Waals surface area contributed by atoms with E-state index in [9.17, 15) is 0 Å². The van der Waals surface area contributed by atoms with Crippen LogP contribution in [0.15, 0.2) is 0 Å². The topological polar surface area (TPSA) is 12.0 Å². The molecule has 0 aromatic heterocycles. The van der Waals surface area contributed by atoms with Crippen LogP contribution in [0.25, 0.3) is 0 Å². The maximum atomic E-state index is 3.82. The summed E-state index contributed by atoms with van der Waals surface area (Å²) >= 11 is 0. The number of hydrogen-bond acceptors (Lipinski definition) is 1. The molecule has 0 unspecified atom stereocenters. The molecule has 0 saturated heterocycles. The Kier molecular flexibility index (Phi) is 3.87. The molecule has 0 atom stereocenters. The normalized spacial score (nSPS) is 33.2. The van der Waals surface area contributed by atoms with Crippen LogP contribution in [0.5, 0.6) is 0 Å². The van der Waals surface area contributed by atoms with E-state index in [4.69, 9.17) is 0 Å². The summed E-state index contributed by atoms with van der Waals surface area (Å²) in [7, 11) is 0.